The van der Waals surface area contributed by atoms with E-state index in [-0.39, 0.29) is 5.91 Å². The van der Waals surface area contributed by atoms with Gasteiger partial charge in [0.2, 0.25) is 5.54 Å². The first-order chi connectivity index (χ1) is 13.9. The number of amides is 2. The molecule has 0 bridgehead atoms. The third kappa shape index (κ3) is 2.87. The number of hydrogen-bond donors (Lipinski definition) is 0. The minimum Gasteiger partial charge on any atom is -0.269 e. The van der Waals surface area contributed by atoms with Gasteiger partial charge in [0.15, 0.2) is 0 Å². The van der Waals surface area contributed by atoms with Crippen molar-refractivity contribution < 1.29 is 9.59 Å². The number of halogens is 1. The number of nitrogens with zero attached hydrogens (tertiary/aromatic N) is 4. The number of carbonyl (C=O) groups is 2. The lowest BCUT2D eigenvalue weighted by Crippen LogP contribution is -2.58. The molecule has 0 saturated carbocycles. The Morgan fingerprint density at radius 1 is 1.14 bits per heavy atom. The van der Waals surface area contributed by atoms with Crippen LogP contribution in [-0.4, -0.2) is 28.7 Å². The van der Waals surface area contributed by atoms with E-state index in [2.05, 4.69) is 10.2 Å². The van der Waals surface area contributed by atoms with Crippen LogP contribution in [0.2, 0.25) is 5.02 Å². The number of anilines is 1. The maximum atomic E-state index is 13.8. The molecule has 1 atom stereocenters. The monoisotopic (exact) mass is 406 g/mol. The fourth-order valence-corrected chi connectivity index (χ4v) is 3.85. The van der Waals surface area contributed by atoms with E-state index in [4.69, 9.17) is 11.6 Å². The highest BCUT2D eigenvalue weighted by Crippen LogP contribution is 2.43. The summed E-state index contributed by atoms with van der Waals surface area (Å²) in [6.07, 6.45) is 3.03. The molecule has 0 saturated heterocycles. The van der Waals surface area contributed by atoms with Crippen molar-refractivity contribution in [2.45, 2.75) is 26.3 Å². The quantitative estimate of drug-likeness (QED) is 0.705. The molecule has 146 valence electrons. The molecular formula is C22H19ClN4O2. The van der Waals surface area contributed by atoms with E-state index < -0.39 is 11.4 Å². The smallest absolute Gasteiger partial charge is 0.269 e. The van der Waals surface area contributed by atoms with Crippen LogP contribution >= 0.6 is 11.6 Å². The summed E-state index contributed by atoms with van der Waals surface area (Å²) in [7, 11) is 0. The van der Waals surface area contributed by atoms with Gasteiger partial charge in [-0.25, -0.2) is 5.01 Å². The Labute approximate surface area is 173 Å². The van der Waals surface area contributed by atoms with Crippen molar-refractivity contribution in [2.75, 3.05) is 5.01 Å². The molecule has 1 spiro atoms. The van der Waals surface area contributed by atoms with E-state index in [1.807, 2.05) is 32.0 Å². The van der Waals surface area contributed by atoms with E-state index >= 15 is 0 Å². The van der Waals surface area contributed by atoms with Gasteiger partial charge >= 0.3 is 0 Å². The van der Waals surface area contributed by atoms with E-state index in [9.17, 15) is 9.59 Å². The number of benzene rings is 2. The lowest BCUT2D eigenvalue weighted by atomic mass is 9.80. The molecule has 2 aliphatic rings. The number of hydrazone groups is 2. The largest absolute Gasteiger partial charge is 0.286 e. The molecule has 6 nitrogen and oxygen atoms in total. The maximum absolute atomic E-state index is 13.8. The van der Waals surface area contributed by atoms with Crippen LogP contribution in [0.3, 0.4) is 0 Å². The SMILES string of the molecule is CC(C)=CC(=O)N1N=Cc2ccc(Cl)cc2C12C(=O)N(c1ccccc1)N=C2C. The molecule has 29 heavy (non-hydrogen) atoms. The highest BCUT2D eigenvalue weighted by Gasteiger charge is 2.59. The fraction of sp³-hybridized carbons (Fsp3) is 0.182. The average molecular weight is 407 g/mol. The highest BCUT2D eigenvalue weighted by molar-refractivity contribution is 6.31. The summed E-state index contributed by atoms with van der Waals surface area (Å²) in [5.74, 6) is -0.776. The van der Waals surface area contributed by atoms with Gasteiger partial charge in [0.25, 0.3) is 11.8 Å². The van der Waals surface area contributed by atoms with Gasteiger partial charge in [0.05, 0.1) is 17.6 Å². The van der Waals surface area contributed by atoms with Crippen LogP contribution < -0.4 is 5.01 Å². The molecule has 2 aromatic rings. The summed E-state index contributed by atoms with van der Waals surface area (Å²) in [6.45, 7) is 5.36. The third-order valence-electron chi connectivity index (χ3n) is 4.93. The molecule has 2 aliphatic heterocycles. The molecule has 7 heteroatoms. The zero-order valence-electron chi connectivity index (χ0n) is 16.3. The second-order valence-electron chi connectivity index (χ2n) is 7.20. The molecule has 4 rings (SSSR count). The van der Waals surface area contributed by atoms with Crippen LogP contribution in [0, 0.1) is 0 Å². The van der Waals surface area contributed by atoms with Crippen molar-refractivity contribution in [3.8, 4) is 0 Å². The predicted octanol–water partition coefficient (Wildman–Crippen LogP) is 4.10. The van der Waals surface area contributed by atoms with Crippen LogP contribution in [0.4, 0.5) is 5.69 Å². The molecule has 0 aromatic heterocycles. The Hall–Kier alpha value is -3.25. The Kier molecular flexibility index (Phi) is 4.59. The van der Waals surface area contributed by atoms with E-state index in [1.165, 1.54) is 16.1 Å². The normalized spacial score (nSPS) is 20.0. The summed E-state index contributed by atoms with van der Waals surface area (Å²) in [5.41, 5.74) is 1.67. The van der Waals surface area contributed by atoms with Crippen LogP contribution in [-0.2, 0) is 15.1 Å². The van der Waals surface area contributed by atoms with E-state index in [0.29, 0.717) is 27.5 Å². The van der Waals surface area contributed by atoms with Crippen molar-refractivity contribution in [1.82, 2.24) is 5.01 Å². The van der Waals surface area contributed by atoms with Crippen molar-refractivity contribution >= 4 is 41.0 Å². The lowest BCUT2D eigenvalue weighted by Gasteiger charge is -2.39. The van der Waals surface area contributed by atoms with Crippen molar-refractivity contribution in [2.24, 2.45) is 10.2 Å². The Balaban J connectivity index is 1.96. The maximum Gasteiger partial charge on any atom is 0.286 e. The Morgan fingerprint density at radius 3 is 2.55 bits per heavy atom. The standard InChI is InChI=1S/C22H19ClN4O2/c1-14(2)11-20(28)27-22(19-12-17(23)10-9-16(19)13-24-27)15(3)25-26(21(22)29)18-7-5-4-6-8-18/h4-13H,1-3H3. The van der Waals surface area contributed by atoms with Gasteiger partial charge < -0.3 is 0 Å². The van der Waals surface area contributed by atoms with Gasteiger partial charge in [-0.05, 0) is 45.0 Å². The molecule has 0 aliphatic carbocycles. The molecule has 2 amide bonds. The summed E-state index contributed by atoms with van der Waals surface area (Å²) in [4.78, 5) is 26.9. The molecule has 2 heterocycles. The van der Waals surface area contributed by atoms with Gasteiger partial charge in [0, 0.05) is 22.2 Å². The molecule has 0 fully saturated rings. The molecule has 2 aromatic carbocycles. The topological polar surface area (TPSA) is 65.3 Å². The molecule has 0 radical (unpaired) electrons. The van der Waals surface area contributed by atoms with Gasteiger partial charge in [-0.15, -0.1) is 0 Å². The van der Waals surface area contributed by atoms with Crippen molar-refractivity contribution in [3.05, 3.63) is 76.3 Å². The number of para-hydroxylation sites is 1. The molecule has 0 N–H and O–H groups in total. The zero-order valence-corrected chi connectivity index (χ0v) is 17.0. The van der Waals surface area contributed by atoms with Crippen LogP contribution in [0.15, 0.2) is 70.4 Å². The third-order valence-corrected chi connectivity index (χ3v) is 5.17. The zero-order chi connectivity index (χ0) is 20.8. The van der Waals surface area contributed by atoms with E-state index in [0.717, 1.165) is 5.57 Å². The first-order valence-electron chi connectivity index (χ1n) is 9.14. The highest BCUT2D eigenvalue weighted by atomic mass is 35.5. The van der Waals surface area contributed by atoms with Crippen LogP contribution in [0.25, 0.3) is 0 Å². The fourth-order valence-electron chi connectivity index (χ4n) is 3.68. The number of rotatable bonds is 2. The number of hydrogen-bond acceptors (Lipinski definition) is 4. The second kappa shape index (κ2) is 6.97. The van der Waals surface area contributed by atoms with Gasteiger partial charge in [0.1, 0.15) is 0 Å². The second-order valence-corrected chi connectivity index (χ2v) is 7.63. The van der Waals surface area contributed by atoms with Gasteiger partial charge in [-0.2, -0.15) is 15.2 Å². The lowest BCUT2D eigenvalue weighted by molar-refractivity contribution is -0.139. The van der Waals surface area contributed by atoms with Gasteiger partial charge in [-0.3, -0.25) is 9.59 Å². The Bertz CT molecular complexity index is 1100. The summed E-state index contributed by atoms with van der Waals surface area (Å²) >= 11 is 6.27. The van der Waals surface area contributed by atoms with E-state index in [1.54, 1.807) is 43.5 Å². The molecular weight excluding hydrogens is 388 g/mol. The van der Waals surface area contributed by atoms with Gasteiger partial charge in [-0.1, -0.05) is 41.4 Å². The van der Waals surface area contributed by atoms with Crippen LogP contribution in [0.1, 0.15) is 31.9 Å². The average Bonchev–Trinajstić information content (AvgIpc) is 2.94. The molecule has 1 unspecified atom stereocenters. The number of fused-ring (bicyclic) bond motifs is 2. The number of carbonyl (C=O) groups excluding carboxylic acids is 2. The van der Waals surface area contributed by atoms with Crippen molar-refractivity contribution in [3.63, 3.8) is 0 Å². The summed E-state index contributed by atoms with van der Waals surface area (Å²) in [6, 6.07) is 14.3. The minimum atomic E-state index is -1.49. The van der Waals surface area contributed by atoms with Crippen LogP contribution in [0.5, 0.6) is 0 Å². The summed E-state index contributed by atoms with van der Waals surface area (Å²) < 4.78 is 0. The van der Waals surface area contributed by atoms with Crippen molar-refractivity contribution in [1.29, 1.82) is 0 Å². The minimum absolute atomic E-state index is 0.378. The first kappa shape index (κ1) is 19.1. The Morgan fingerprint density at radius 2 is 1.86 bits per heavy atom. The number of allylic oxidation sites excluding steroid dienone is 1. The first-order valence-corrected chi connectivity index (χ1v) is 9.52. The summed E-state index contributed by atoms with van der Waals surface area (Å²) in [5, 5.41) is 11.9. The predicted molar refractivity (Wildman–Crippen MR) is 114 cm³/mol.